The Bertz CT molecular complexity index is 306. The van der Waals surface area contributed by atoms with E-state index in [0.717, 1.165) is 0 Å². The van der Waals surface area contributed by atoms with Gasteiger partial charge in [-0.15, -0.1) is 0 Å². The molecule has 0 saturated heterocycles. The minimum Gasteiger partial charge on any atom is -0.285 e. The van der Waals surface area contributed by atoms with Crippen LogP contribution in [0.4, 0.5) is 0 Å². The van der Waals surface area contributed by atoms with Crippen LogP contribution in [0, 0.1) is 0 Å². The maximum Gasteiger partial charge on any atom is 0.277 e. The van der Waals surface area contributed by atoms with Crippen molar-refractivity contribution >= 4 is 52.1 Å². The fourth-order valence-corrected chi connectivity index (χ4v) is 0. The zero-order valence-electron chi connectivity index (χ0n) is 7.25. The van der Waals surface area contributed by atoms with Gasteiger partial charge in [0.2, 0.25) is 0 Å². The summed E-state index contributed by atoms with van der Waals surface area (Å²) in [6, 6.07) is 0. The van der Waals surface area contributed by atoms with Crippen molar-refractivity contribution in [2.75, 3.05) is 0 Å². The van der Waals surface area contributed by atoms with Gasteiger partial charge in [0.1, 0.15) is 8.32 Å². The molecule has 14 heavy (non-hydrogen) atoms. The minimum atomic E-state index is -3.82. The maximum atomic E-state index is 9.84. The van der Waals surface area contributed by atoms with Crippen LogP contribution < -0.4 is 0 Å². The number of alkyl halides is 2. The van der Waals surface area contributed by atoms with E-state index in [1.54, 1.807) is 0 Å². The third-order valence-corrected chi connectivity index (χ3v) is 5.30. The second-order valence-corrected chi connectivity index (χ2v) is 9.55. The molecule has 0 aromatic carbocycles. The summed E-state index contributed by atoms with van der Waals surface area (Å²) < 4.78 is 53.7. The fourth-order valence-electron chi connectivity index (χ4n) is 0. The van der Waals surface area contributed by atoms with Crippen molar-refractivity contribution in [1.82, 2.24) is 0 Å². The molecule has 2 N–H and O–H groups in total. The van der Waals surface area contributed by atoms with Crippen molar-refractivity contribution in [3.05, 3.63) is 0 Å². The van der Waals surface area contributed by atoms with Crippen molar-refractivity contribution < 1.29 is 25.9 Å². The summed E-state index contributed by atoms with van der Waals surface area (Å²) in [6.07, 6.45) is 0. The topological polar surface area (TPSA) is 109 Å². The third kappa shape index (κ3) is 10.9. The number of rotatable bonds is 2. The van der Waals surface area contributed by atoms with Crippen LogP contribution in [-0.2, 0) is 20.2 Å². The highest BCUT2D eigenvalue weighted by atomic mass is 79.9. The highest BCUT2D eigenvalue weighted by Crippen LogP contribution is 2.03. The maximum absolute atomic E-state index is 9.84. The van der Waals surface area contributed by atoms with Crippen molar-refractivity contribution in [3.8, 4) is 0 Å². The molecule has 0 radical (unpaired) electrons. The van der Waals surface area contributed by atoms with Gasteiger partial charge < -0.3 is 0 Å². The summed E-state index contributed by atoms with van der Waals surface area (Å²) in [7, 11) is -7.65. The van der Waals surface area contributed by atoms with E-state index in [4.69, 9.17) is 9.11 Å². The first-order valence-corrected chi connectivity index (χ1v) is 7.93. The van der Waals surface area contributed by atoms with Gasteiger partial charge in [-0.1, -0.05) is 31.9 Å². The summed E-state index contributed by atoms with van der Waals surface area (Å²) in [5.41, 5.74) is 0. The Labute approximate surface area is 99.8 Å². The molecule has 0 aliphatic heterocycles. The van der Waals surface area contributed by atoms with Crippen molar-refractivity contribution in [2.45, 2.75) is 22.2 Å². The summed E-state index contributed by atoms with van der Waals surface area (Å²) in [6.45, 7) is 2.66. The Morgan fingerprint density at radius 1 is 0.857 bits per heavy atom. The Morgan fingerprint density at radius 2 is 0.929 bits per heavy atom. The summed E-state index contributed by atoms with van der Waals surface area (Å²) in [5.74, 6) is 0. The van der Waals surface area contributed by atoms with E-state index in [1.807, 2.05) is 0 Å². The van der Waals surface area contributed by atoms with E-state index in [2.05, 4.69) is 31.9 Å². The molecule has 0 spiro atoms. The Hall–Kier alpha value is 0.780. The normalized spacial score (nSPS) is 16.4. The van der Waals surface area contributed by atoms with Crippen LogP contribution in [0.15, 0.2) is 0 Å². The van der Waals surface area contributed by atoms with Gasteiger partial charge in [0.05, 0.1) is 0 Å². The zero-order valence-corrected chi connectivity index (χ0v) is 12.1. The van der Waals surface area contributed by atoms with Gasteiger partial charge in [0.15, 0.2) is 0 Å². The number of hydrogen-bond acceptors (Lipinski definition) is 4. The largest absolute Gasteiger partial charge is 0.285 e. The lowest BCUT2D eigenvalue weighted by atomic mass is 11.0. The molecule has 2 unspecified atom stereocenters. The molecule has 6 nitrogen and oxygen atoms in total. The highest BCUT2D eigenvalue weighted by molar-refractivity contribution is 9.11. The quantitative estimate of drug-likeness (QED) is 0.553. The van der Waals surface area contributed by atoms with E-state index in [0.29, 0.717) is 0 Å². The summed E-state index contributed by atoms with van der Waals surface area (Å²) in [4.78, 5) is 0. The Kier molecular flexibility index (Phi) is 7.83. The highest BCUT2D eigenvalue weighted by Gasteiger charge is 2.11. The van der Waals surface area contributed by atoms with Gasteiger partial charge in [-0.05, 0) is 13.8 Å². The monoisotopic (exact) mass is 376 g/mol. The van der Waals surface area contributed by atoms with Crippen LogP contribution in [0.5, 0.6) is 0 Å². The molecule has 88 valence electrons. The molecule has 0 aromatic rings. The number of halogens is 2. The molecular formula is C4H10Br2O6S2. The molecular weight excluding hydrogens is 368 g/mol. The average Bonchev–Trinajstić information content (AvgIpc) is 1.83. The van der Waals surface area contributed by atoms with Crippen molar-refractivity contribution in [2.24, 2.45) is 0 Å². The molecule has 10 heteroatoms. The summed E-state index contributed by atoms with van der Waals surface area (Å²) >= 11 is 5.31. The SMILES string of the molecule is CC(Br)S(=O)(=O)O.CC(Br)S(=O)(=O)O. The minimum absolute atomic E-state index is 0.861. The molecule has 0 amide bonds. The number of hydrogen-bond donors (Lipinski definition) is 2. The van der Waals surface area contributed by atoms with Gasteiger partial charge in [0, 0.05) is 0 Å². The Morgan fingerprint density at radius 3 is 0.929 bits per heavy atom. The van der Waals surface area contributed by atoms with Gasteiger partial charge in [0.25, 0.3) is 20.2 Å². The fraction of sp³-hybridized carbons (Fsp3) is 1.00. The van der Waals surface area contributed by atoms with Gasteiger partial charge >= 0.3 is 0 Å². The summed E-state index contributed by atoms with van der Waals surface area (Å²) in [5, 5.41) is 0. The lowest BCUT2D eigenvalue weighted by Crippen LogP contribution is -2.07. The van der Waals surface area contributed by atoms with Crippen LogP contribution in [-0.4, -0.2) is 34.3 Å². The Balaban J connectivity index is 0. The molecule has 0 fully saturated rings. The van der Waals surface area contributed by atoms with E-state index in [-0.39, 0.29) is 0 Å². The second-order valence-electron chi connectivity index (χ2n) is 2.12. The lowest BCUT2D eigenvalue weighted by molar-refractivity contribution is 0.480. The van der Waals surface area contributed by atoms with Crippen LogP contribution in [0.1, 0.15) is 13.8 Å². The molecule has 0 aliphatic carbocycles. The van der Waals surface area contributed by atoms with Crippen LogP contribution in [0.2, 0.25) is 0 Å². The third-order valence-electron chi connectivity index (χ3n) is 0.821. The average molecular weight is 378 g/mol. The zero-order chi connectivity index (χ0) is 12.2. The molecule has 0 aromatic heterocycles. The van der Waals surface area contributed by atoms with Crippen molar-refractivity contribution in [3.63, 3.8) is 0 Å². The van der Waals surface area contributed by atoms with E-state index < -0.39 is 28.6 Å². The molecule has 0 heterocycles. The lowest BCUT2D eigenvalue weighted by Gasteiger charge is -1.92. The standard InChI is InChI=1S/2C2H5BrO3S/c2*1-2(3)7(4,5)6/h2*2H,1H3,(H,4,5,6). The van der Waals surface area contributed by atoms with Crippen molar-refractivity contribution in [1.29, 1.82) is 0 Å². The van der Waals surface area contributed by atoms with Crippen LogP contribution in [0.3, 0.4) is 0 Å². The van der Waals surface area contributed by atoms with Crippen LogP contribution in [0.25, 0.3) is 0 Å². The van der Waals surface area contributed by atoms with E-state index >= 15 is 0 Å². The van der Waals surface area contributed by atoms with Gasteiger partial charge in [-0.2, -0.15) is 16.8 Å². The first-order chi connectivity index (χ1) is 5.89. The first kappa shape index (κ1) is 17.2. The molecule has 2 atom stereocenters. The first-order valence-electron chi connectivity index (χ1n) is 3.09. The molecule has 0 saturated carbocycles. The van der Waals surface area contributed by atoms with Gasteiger partial charge in [-0.3, -0.25) is 9.11 Å². The predicted octanol–water partition coefficient (Wildman–Crippen LogP) is 1.23. The molecule has 0 aliphatic rings. The van der Waals surface area contributed by atoms with E-state index in [9.17, 15) is 16.8 Å². The van der Waals surface area contributed by atoms with E-state index in [1.165, 1.54) is 13.8 Å². The van der Waals surface area contributed by atoms with Gasteiger partial charge in [-0.25, -0.2) is 0 Å². The van der Waals surface area contributed by atoms with Crippen LogP contribution >= 0.6 is 31.9 Å². The molecule has 0 bridgehead atoms. The predicted molar refractivity (Wildman–Crippen MR) is 59.9 cm³/mol. The smallest absolute Gasteiger partial charge is 0.277 e. The second kappa shape index (κ2) is 6.38. The molecule has 0 rings (SSSR count).